The highest BCUT2D eigenvalue weighted by molar-refractivity contribution is 5.79. The number of rotatable bonds is 6. The molecule has 2 atom stereocenters. The number of carboxylic acid groups (broad SMARTS) is 1. The van der Waals surface area contributed by atoms with Gasteiger partial charge in [0.1, 0.15) is 23.4 Å². The number of halogens is 1. The van der Waals surface area contributed by atoms with E-state index in [1.165, 1.54) is 10.6 Å². The van der Waals surface area contributed by atoms with Crippen LogP contribution in [0.1, 0.15) is 52.7 Å². The second-order valence-corrected chi connectivity index (χ2v) is 10.7. The minimum atomic E-state index is -0.861. The molecular formula is C32H29FN2O5. The first-order valence-electron chi connectivity index (χ1n) is 13.3. The Morgan fingerprint density at radius 2 is 1.93 bits per heavy atom. The Morgan fingerprint density at radius 3 is 2.65 bits per heavy atom. The van der Waals surface area contributed by atoms with Crippen LogP contribution in [0.4, 0.5) is 4.39 Å². The van der Waals surface area contributed by atoms with Gasteiger partial charge < -0.3 is 19.1 Å². The first-order chi connectivity index (χ1) is 19.2. The van der Waals surface area contributed by atoms with E-state index in [9.17, 15) is 9.59 Å². The van der Waals surface area contributed by atoms with Gasteiger partial charge in [-0.3, -0.25) is 4.79 Å². The average Bonchev–Trinajstić information content (AvgIpc) is 3.51. The molecule has 0 saturated carbocycles. The Kier molecular flexibility index (Phi) is 6.41. The van der Waals surface area contributed by atoms with Crippen molar-refractivity contribution in [1.82, 2.24) is 9.55 Å². The van der Waals surface area contributed by atoms with Crippen LogP contribution in [-0.4, -0.2) is 27.2 Å². The van der Waals surface area contributed by atoms with Crippen molar-refractivity contribution in [1.29, 1.82) is 0 Å². The van der Waals surface area contributed by atoms with Crippen LogP contribution >= 0.6 is 0 Å². The zero-order valence-electron chi connectivity index (χ0n) is 22.5. The molecule has 1 N–H and O–H groups in total. The normalized spacial score (nSPS) is 17.3. The van der Waals surface area contributed by atoms with Crippen LogP contribution in [0.3, 0.4) is 0 Å². The van der Waals surface area contributed by atoms with Crippen molar-refractivity contribution in [2.45, 2.75) is 45.1 Å². The molecule has 40 heavy (non-hydrogen) atoms. The first kappa shape index (κ1) is 25.8. The molecule has 0 amide bonds. The molecule has 0 bridgehead atoms. The van der Waals surface area contributed by atoms with Crippen molar-refractivity contribution < 1.29 is 23.8 Å². The van der Waals surface area contributed by atoms with Crippen LogP contribution in [0, 0.1) is 19.7 Å². The summed E-state index contributed by atoms with van der Waals surface area (Å²) >= 11 is 0. The van der Waals surface area contributed by atoms with Gasteiger partial charge >= 0.3 is 11.7 Å². The molecule has 6 rings (SSSR count). The van der Waals surface area contributed by atoms with Crippen molar-refractivity contribution in [2.75, 3.05) is 6.61 Å². The summed E-state index contributed by atoms with van der Waals surface area (Å²) in [5.41, 5.74) is 8.06. The Bertz CT molecular complexity index is 1700. The summed E-state index contributed by atoms with van der Waals surface area (Å²) in [6.45, 7) is 4.41. The monoisotopic (exact) mass is 540 g/mol. The molecule has 0 radical (unpaired) electrons. The lowest BCUT2D eigenvalue weighted by atomic mass is 9.88. The standard InChI is InChI=1S/C32H29FN2O5/c1-17-10-19(21-14-34-32(38)35(3)15-21)11-18(2)30(17)24-6-8-26(33)31-25(24)7-9-27(31)40-22-4-5-23-20(12-29(36)37)16-39-28(23)13-22/h4-6,8,10-11,13-15,20,27H,7,9,12,16H2,1-3H3,(H,36,37)/t20-,27-/m1/s1. The molecule has 204 valence electrons. The fraction of sp³-hybridized carbons (Fsp3) is 0.281. The molecule has 3 aromatic carbocycles. The number of carbonyl (C=O) groups is 1. The Labute approximate surface area is 230 Å². The highest BCUT2D eigenvalue weighted by Gasteiger charge is 2.32. The second kappa shape index (κ2) is 9.93. The number of fused-ring (bicyclic) bond motifs is 2. The minimum Gasteiger partial charge on any atom is -0.492 e. The molecule has 2 heterocycles. The minimum absolute atomic E-state index is 0.0128. The van der Waals surface area contributed by atoms with Crippen LogP contribution in [0.5, 0.6) is 11.5 Å². The molecule has 2 aliphatic rings. The third kappa shape index (κ3) is 4.53. The fourth-order valence-corrected chi connectivity index (χ4v) is 6.12. The summed E-state index contributed by atoms with van der Waals surface area (Å²) in [4.78, 5) is 26.8. The molecule has 4 aromatic rings. The summed E-state index contributed by atoms with van der Waals surface area (Å²) in [5, 5.41) is 9.16. The average molecular weight is 541 g/mol. The third-order valence-electron chi connectivity index (χ3n) is 7.93. The van der Waals surface area contributed by atoms with Crippen molar-refractivity contribution in [3.63, 3.8) is 0 Å². The van der Waals surface area contributed by atoms with Gasteiger partial charge in [0.15, 0.2) is 0 Å². The smallest absolute Gasteiger partial charge is 0.347 e. The third-order valence-corrected chi connectivity index (χ3v) is 7.93. The van der Waals surface area contributed by atoms with Gasteiger partial charge in [-0.25, -0.2) is 14.2 Å². The number of hydrogen-bond acceptors (Lipinski definition) is 5. The van der Waals surface area contributed by atoms with Crippen LogP contribution in [-0.2, 0) is 18.3 Å². The summed E-state index contributed by atoms with van der Waals surface area (Å²) in [6.07, 6.45) is 4.25. The molecule has 7 nitrogen and oxygen atoms in total. The van der Waals surface area contributed by atoms with E-state index in [0.29, 0.717) is 36.5 Å². The van der Waals surface area contributed by atoms with Crippen LogP contribution < -0.4 is 15.2 Å². The summed E-state index contributed by atoms with van der Waals surface area (Å²) in [6, 6.07) is 13.0. The number of hydrogen-bond donors (Lipinski definition) is 1. The topological polar surface area (TPSA) is 90.7 Å². The summed E-state index contributed by atoms with van der Waals surface area (Å²) in [7, 11) is 1.68. The van der Waals surface area contributed by atoms with Gasteiger partial charge in [0.05, 0.1) is 13.0 Å². The maximum atomic E-state index is 15.3. The van der Waals surface area contributed by atoms with E-state index in [2.05, 4.69) is 17.1 Å². The number of ether oxygens (including phenoxy) is 2. The van der Waals surface area contributed by atoms with E-state index in [4.69, 9.17) is 14.6 Å². The maximum Gasteiger partial charge on any atom is 0.347 e. The second-order valence-electron chi connectivity index (χ2n) is 10.7. The molecular weight excluding hydrogens is 511 g/mol. The molecule has 1 aromatic heterocycles. The fourth-order valence-electron chi connectivity index (χ4n) is 6.12. The lowest BCUT2D eigenvalue weighted by Gasteiger charge is -2.19. The molecule has 1 aliphatic carbocycles. The zero-order valence-corrected chi connectivity index (χ0v) is 22.5. The van der Waals surface area contributed by atoms with Crippen LogP contribution in [0.25, 0.3) is 22.3 Å². The quantitative estimate of drug-likeness (QED) is 0.328. The highest BCUT2D eigenvalue weighted by atomic mass is 19.1. The van der Waals surface area contributed by atoms with E-state index in [-0.39, 0.29) is 23.8 Å². The van der Waals surface area contributed by atoms with Crippen molar-refractivity contribution in [3.8, 4) is 33.8 Å². The van der Waals surface area contributed by atoms with E-state index in [1.54, 1.807) is 25.5 Å². The van der Waals surface area contributed by atoms with E-state index in [1.807, 2.05) is 32.0 Å². The van der Waals surface area contributed by atoms with E-state index >= 15 is 4.39 Å². The highest BCUT2D eigenvalue weighted by Crippen LogP contribution is 2.45. The SMILES string of the molecule is Cc1cc(-c2cnc(=O)n(C)c2)cc(C)c1-c1ccc(F)c2c1CC[C@H]2Oc1ccc2c(c1)OC[C@H]2CC(=O)O. The lowest BCUT2D eigenvalue weighted by Crippen LogP contribution is -2.18. The Balaban J connectivity index is 1.31. The van der Waals surface area contributed by atoms with Gasteiger partial charge in [0, 0.05) is 48.1 Å². The van der Waals surface area contributed by atoms with Crippen molar-refractivity contribution >= 4 is 5.97 Å². The van der Waals surface area contributed by atoms with Crippen molar-refractivity contribution in [2.24, 2.45) is 7.05 Å². The van der Waals surface area contributed by atoms with Gasteiger partial charge in [-0.1, -0.05) is 24.3 Å². The Morgan fingerprint density at radius 1 is 1.15 bits per heavy atom. The molecule has 0 unspecified atom stereocenters. The number of aliphatic carboxylic acids is 1. The number of nitrogens with zero attached hydrogens (tertiary/aromatic N) is 2. The zero-order chi connectivity index (χ0) is 28.1. The Hall–Kier alpha value is -4.46. The number of carboxylic acids is 1. The van der Waals surface area contributed by atoms with Crippen LogP contribution in [0.2, 0.25) is 0 Å². The number of benzene rings is 3. The number of aromatic nitrogens is 2. The molecule has 0 fully saturated rings. The lowest BCUT2D eigenvalue weighted by molar-refractivity contribution is -0.137. The van der Waals surface area contributed by atoms with Gasteiger partial charge in [-0.05, 0) is 72.2 Å². The molecule has 1 aliphatic heterocycles. The predicted molar refractivity (Wildman–Crippen MR) is 148 cm³/mol. The van der Waals surface area contributed by atoms with E-state index < -0.39 is 12.1 Å². The summed E-state index contributed by atoms with van der Waals surface area (Å²) < 4.78 is 28.8. The molecule has 8 heteroatoms. The molecule has 0 spiro atoms. The predicted octanol–water partition coefficient (Wildman–Crippen LogP) is 5.89. The molecule has 0 saturated heterocycles. The largest absolute Gasteiger partial charge is 0.492 e. The van der Waals surface area contributed by atoms with Gasteiger partial charge in [-0.2, -0.15) is 0 Å². The maximum absolute atomic E-state index is 15.3. The van der Waals surface area contributed by atoms with Gasteiger partial charge in [0.2, 0.25) is 0 Å². The van der Waals surface area contributed by atoms with E-state index in [0.717, 1.165) is 44.5 Å². The van der Waals surface area contributed by atoms with Crippen LogP contribution in [0.15, 0.2) is 59.7 Å². The van der Waals surface area contributed by atoms with Crippen molar-refractivity contribution in [3.05, 3.63) is 99.0 Å². The van der Waals surface area contributed by atoms with Gasteiger partial charge in [-0.15, -0.1) is 0 Å². The first-order valence-corrected chi connectivity index (χ1v) is 13.3. The summed E-state index contributed by atoms with van der Waals surface area (Å²) in [5.74, 6) is -0.143. The number of aryl methyl sites for hydroxylation is 3. The van der Waals surface area contributed by atoms with Gasteiger partial charge in [0.25, 0.3) is 0 Å².